The fraction of sp³-hybridized carbons (Fsp3) is 0.200. The molecule has 4 heterocycles. The molecule has 33 heavy (non-hydrogen) atoms. The summed E-state index contributed by atoms with van der Waals surface area (Å²) in [6, 6.07) is 18.0. The lowest BCUT2D eigenvalue weighted by Gasteiger charge is -2.17. The molecular weight excluding hydrogens is 418 g/mol. The minimum atomic E-state index is -1.07. The summed E-state index contributed by atoms with van der Waals surface area (Å²) in [5.41, 5.74) is 4.42. The number of aromatic amines is 1. The van der Waals surface area contributed by atoms with Gasteiger partial charge in [0.05, 0.1) is 17.2 Å². The standard InChI is InChI=1S/C25H23N5O3/c1-14-21(31)22(32)25(33-14)30-12-17(15-7-3-2-4-8-15)20-23(27-13-28-24(20)30)29-19-11-26-18-10-6-5-9-16(18)19/h2-14,21-22,25-26,31-32H,1H3,(H,27,28,29)/t14-,21-,22-,25-/m1/s1. The lowest BCUT2D eigenvalue weighted by atomic mass is 10.1. The molecule has 1 fully saturated rings. The number of benzene rings is 2. The zero-order valence-corrected chi connectivity index (χ0v) is 17.9. The number of nitrogens with one attached hydrogen (secondary N) is 2. The van der Waals surface area contributed by atoms with Crippen LogP contribution in [0.15, 0.2) is 73.3 Å². The number of ether oxygens (including phenoxy) is 1. The van der Waals surface area contributed by atoms with Crippen molar-refractivity contribution >= 4 is 33.4 Å². The number of fused-ring (bicyclic) bond motifs is 2. The van der Waals surface area contributed by atoms with Crippen LogP contribution in [0.5, 0.6) is 0 Å². The highest BCUT2D eigenvalue weighted by molar-refractivity contribution is 6.04. The van der Waals surface area contributed by atoms with Crippen molar-refractivity contribution in [2.45, 2.75) is 31.5 Å². The smallest absolute Gasteiger partial charge is 0.164 e. The van der Waals surface area contributed by atoms with Crippen LogP contribution in [0.4, 0.5) is 11.5 Å². The fourth-order valence-electron chi connectivity index (χ4n) is 4.57. The number of aromatic nitrogens is 4. The van der Waals surface area contributed by atoms with E-state index in [1.54, 1.807) is 11.5 Å². The lowest BCUT2D eigenvalue weighted by Crippen LogP contribution is -2.30. The molecule has 0 radical (unpaired) electrons. The van der Waals surface area contributed by atoms with Gasteiger partial charge in [-0.3, -0.25) is 0 Å². The molecular formula is C25H23N5O3. The van der Waals surface area contributed by atoms with Crippen molar-refractivity contribution in [3.05, 3.63) is 73.3 Å². The van der Waals surface area contributed by atoms with E-state index < -0.39 is 24.5 Å². The molecule has 1 aliphatic heterocycles. The minimum Gasteiger partial charge on any atom is -0.388 e. The minimum absolute atomic E-state index is 0.492. The average Bonchev–Trinajstić information content (AvgIpc) is 3.51. The molecule has 1 saturated heterocycles. The van der Waals surface area contributed by atoms with E-state index in [4.69, 9.17) is 4.74 Å². The Hall–Kier alpha value is -3.72. The summed E-state index contributed by atoms with van der Waals surface area (Å²) < 4.78 is 7.70. The lowest BCUT2D eigenvalue weighted by molar-refractivity contribution is -0.0295. The highest BCUT2D eigenvalue weighted by Crippen LogP contribution is 2.40. The van der Waals surface area contributed by atoms with Crippen LogP contribution < -0.4 is 5.32 Å². The first kappa shape index (κ1) is 19.9. The largest absolute Gasteiger partial charge is 0.388 e. The molecule has 0 aliphatic carbocycles. The van der Waals surface area contributed by atoms with Crippen LogP contribution in [0.25, 0.3) is 33.1 Å². The third-order valence-electron chi connectivity index (χ3n) is 6.29. The first-order valence-corrected chi connectivity index (χ1v) is 10.9. The fourth-order valence-corrected chi connectivity index (χ4v) is 4.57. The molecule has 3 aromatic heterocycles. The maximum absolute atomic E-state index is 10.7. The van der Waals surface area contributed by atoms with Gasteiger partial charge < -0.3 is 29.8 Å². The van der Waals surface area contributed by atoms with Crippen molar-refractivity contribution in [3.63, 3.8) is 0 Å². The molecule has 8 nitrogen and oxygen atoms in total. The molecule has 0 bridgehead atoms. The molecule has 6 rings (SSSR count). The Kier molecular flexibility index (Phi) is 4.65. The molecule has 5 aromatic rings. The van der Waals surface area contributed by atoms with E-state index >= 15 is 0 Å². The molecule has 0 amide bonds. The van der Waals surface area contributed by atoms with Gasteiger partial charge in [0.15, 0.2) is 6.23 Å². The number of rotatable bonds is 4. The normalized spacial score (nSPS) is 22.9. The number of aliphatic hydroxyl groups is 2. The first-order chi connectivity index (χ1) is 16.1. The Morgan fingerprint density at radius 2 is 1.79 bits per heavy atom. The predicted octanol–water partition coefficient (Wildman–Crippen LogP) is 3.96. The van der Waals surface area contributed by atoms with Gasteiger partial charge in [0.25, 0.3) is 0 Å². The molecule has 0 unspecified atom stereocenters. The van der Waals surface area contributed by atoms with Gasteiger partial charge in [0.2, 0.25) is 0 Å². The predicted molar refractivity (Wildman–Crippen MR) is 126 cm³/mol. The second-order valence-electron chi connectivity index (χ2n) is 8.32. The Morgan fingerprint density at radius 1 is 1.00 bits per heavy atom. The van der Waals surface area contributed by atoms with Gasteiger partial charge in [-0.15, -0.1) is 0 Å². The summed E-state index contributed by atoms with van der Waals surface area (Å²) in [7, 11) is 0. The van der Waals surface area contributed by atoms with E-state index in [2.05, 4.69) is 20.3 Å². The Bertz CT molecular complexity index is 1440. The van der Waals surface area contributed by atoms with Gasteiger partial charge in [-0.25, -0.2) is 9.97 Å². The third kappa shape index (κ3) is 3.19. The van der Waals surface area contributed by atoms with Gasteiger partial charge in [-0.1, -0.05) is 48.5 Å². The Labute approximate surface area is 189 Å². The quantitative estimate of drug-likeness (QED) is 0.336. The number of para-hydroxylation sites is 1. The molecule has 4 atom stereocenters. The van der Waals surface area contributed by atoms with Gasteiger partial charge in [-0.05, 0) is 18.6 Å². The van der Waals surface area contributed by atoms with Crippen LogP contribution in [-0.4, -0.2) is 48.0 Å². The van der Waals surface area contributed by atoms with Gasteiger partial charge in [0, 0.05) is 28.9 Å². The van der Waals surface area contributed by atoms with Crippen molar-refractivity contribution in [1.82, 2.24) is 19.5 Å². The van der Waals surface area contributed by atoms with Crippen LogP contribution in [-0.2, 0) is 4.74 Å². The highest BCUT2D eigenvalue weighted by Gasteiger charge is 2.42. The van der Waals surface area contributed by atoms with E-state index in [0.29, 0.717) is 11.5 Å². The maximum atomic E-state index is 10.7. The Morgan fingerprint density at radius 3 is 2.58 bits per heavy atom. The zero-order chi connectivity index (χ0) is 22.5. The van der Waals surface area contributed by atoms with Crippen LogP contribution in [0.3, 0.4) is 0 Å². The van der Waals surface area contributed by atoms with E-state index in [0.717, 1.165) is 33.1 Å². The molecule has 0 saturated carbocycles. The SMILES string of the molecule is C[C@H]1O[C@@H](n2cc(-c3ccccc3)c3c(Nc4c[nH]c5ccccc45)ncnc32)[C@H](O)[C@@H]1O. The van der Waals surface area contributed by atoms with Crippen molar-refractivity contribution in [2.24, 2.45) is 0 Å². The van der Waals surface area contributed by atoms with Crippen LogP contribution in [0, 0.1) is 0 Å². The van der Waals surface area contributed by atoms with E-state index in [1.807, 2.05) is 67.0 Å². The molecule has 4 N–H and O–H groups in total. The number of hydrogen-bond donors (Lipinski definition) is 4. The summed E-state index contributed by atoms with van der Waals surface area (Å²) >= 11 is 0. The topological polar surface area (TPSA) is 108 Å². The van der Waals surface area contributed by atoms with Crippen molar-refractivity contribution in [2.75, 3.05) is 5.32 Å². The number of H-pyrrole nitrogens is 1. The van der Waals surface area contributed by atoms with Gasteiger partial charge >= 0.3 is 0 Å². The van der Waals surface area contributed by atoms with E-state index in [1.165, 1.54) is 6.33 Å². The Balaban J connectivity index is 1.55. The van der Waals surface area contributed by atoms with E-state index in [-0.39, 0.29) is 0 Å². The number of aliphatic hydroxyl groups excluding tert-OH is 2. The van der Waals surface area contributed by atoms with Crippen LogP contribution in [0.1, 0.15) is 13.2 Å². The van der Waals surface area contributed by atoms with Crippen molar-refractivity contribution < 1.29 is 14.9 Å². The summed E-state index contributed by atoms with van der Waals surface area (Å²) in [6.07, 6.45) is 2.02. The van der Waals surface area contributed by atoms with Gasteiger partial charge in [0.1, 0.15) is 30.0 Å². The van der Waals surface area contributed by atoms with Crippen molar-refractivity contribution in [1.29, 1.82) is 0 Å². The third-order valence-corrected chi connectivity index (χ3v) is 6.29. The molecule has 1 aliphatic rings. The number of anilines is 2. The zero-order valence-electron chi connectivity index (χ0n) is 17.9. The molecule has 0 spiro atoms. The summed E-state index contributed by atoms with van der Waals surface area (Å²) in [5, 5.41) is 26.3. The van der Waals surface area contributed by atoms with Crippen molar-refractivity contribution in [3.8, 4) is 11.1 Å². The number of hydrogen-bond acceptors (Lipinski definition) is 6. The van der Waals surface area contributed by atoms with Crippen LogP contribution >= 0.6 is 0 Å². The second-order valence-corrected chi connectivity index (χ2v) is 8.32. The molecule has 166 valence electrons. The maximum Gasteiger partial charge on any atom is 0.164 e. The second kappa shape index (κ2) is 7.70. The average molecular weight is 441 g/mol. The van der Waals surface area contributed by atoms with Crippen LogP contribution in [0.2, 0.25) is 0 Å². The molecule has 8 heteroatoms. The summed E-state index contributed by atoms with van der Waals surface area (Å²) in [5.74, 6) is 0.642. The summed E-state index contributed by atoms with van der Waals surface area (Å²) in [4.78, 5) is 12.4. The summed E-state index contributed by atoms with van der Waals surface area (Å²) in [6.45, 7) is 1.75. The first-order valence-electron chi connectivity index (χ1n) is 10.9. The highest BCUT2D eigenvalue weighted by atomic mass is 16.6. The monoisotopic (exact) mass is 441 g/mol. The van der Waals surface area contributed by atoms with Gasteiger partial charge in [-0.2, -0.15) is 0 Å². The van der Waals surface area contributed by atoms with E-state index in [9.17, 15) is 10.2 Å². The molecule has 2 aromatic carbocycles. The number of nitrogens with zero attached hydrogens (tertiary/aromatic N) is 3.